The van der Waals surface area contributed by atoms with Gasteiger partial charge in [-0.05, 0) is 73.9 Å². The van der Waals surface area contributed by atoms with Crippen LogP contribution in [0.15, 0.2) is 182 Å². The van der Waals surface area contributed by atoms with Crippen LogP contribution in [-0.2, 0) is 91.9 Å². The van der Waals surface area contributed by atoms with Gasteiger partial charge in [-0.25, -0.2) is 0 Å². The minimum atomic E-state index is -1.10. The highest BCUT2D eigenvalue weighted by molar-refractivity contribution is 5.67. The Balaban J connectivity index is 0.000000194. The van der Waals surface area contributed by atoms with Gasteiger partial charge in [0.05, 0.1) is 13.2 Å². The molecule has 5 fully saturated rings. The molecule has 1 N–H and O–H groups in total. The molecule has 5 aliphatic heterocycles. The van der Waals surface area contributed by atoms with Gasteiger partial charge in [-0.1, -0.05) is 267 Å². The fourth-order valence-corrected chi connectivity index (χ4v) is 13.5. The maximum atomic E-state index is 11.5. The summed E-state index contributed by atoms with van der Waals surface area (Å²) in [7, 11) is 0. The molecule has 3 unspecified atom stereocenters. The first kappa shape index (κ1) is 79.0. The van der Waals surface area contributed by atoms with Crippen molar-refractivity contribution in [1.82, 2.24) is 0 Å². The molecule has 6 aromatic rings. The van der Waals surface area contributed by atoms with E-state index in [0.717, 1.165) is 59.1 Å². The third kappa shape index (κ3) is 21.0. The van der Waals surface area contributed by atoms with E-state index in [0.29, 0.717) is 19.8 Å². The van der Waals surface area contributed by atoms with Gasteiger partial charge in [0.25, 0.3) is 0 Å². The van der Waals surface area contributed by atoms with Crippen LogP contribution in [0.5, 0.6) is 0 Å². The average Bonchev–Trinajstić information content (AvgIpc) is 0.957. The highest BCUT2D eigenvalue weighted by atomic mass is 16.9. The molecule has 5 heterocycles. The predicted octanol–water partition coefficient (Wildman–Crippen LogP) is 15.0. The molecule has 100 heavy (non-hydrogen) atoms. The van der Waals surface area contributed by atoms with Gasteiger partial charge in [0.1, 0.15) is 66.6 Å². The van der Waals surface area contributed by atoms with Gasteiger partial charge in [-0.2, -0.15) is 0 Å². The topological polar surface area (TPSA) is 201 Å². The number of esters is 3. The first-order chi connectivity index (χ1) is 47.9. The normalized spacial score (nSPS) is 24.7. The molecule has 18 nitrogen and oxygen atoms in total. The number of hydrogen-bond acceptors (Lipinski definition) is 18. The quantitative estimate of drug-likeness (QED) is 0.0181. The summed E-state index contributed by atoms with van der Waals surface area (Å²) in [6, 6.07) is 61.7. The zero-order valence-electron chi connectivity index (χ0n) is 59.2. The van der Waals surface area contributed by atoms with Crippen molar-refractivity contribution >= 4 is 17.9 Å². The van der Waals surface area contributed by atoms with Gasteiger partial charge in [0, 0.05) is 34.0 Å². The third-order valence-electron chi connectivity index (χ3n) is 18.1. The number of rotatable bonds is 32. The van der Waals surface area contributed by atoms with E-state index in [4.69, 9.17) is 66.3 Å². The Morgan fingerprint density at radius 2 is 0.740 bits per heavy atom. The Hall–Kier alpha value is -6.75. The summed E-state index contributed by atoms with van der Waals surface area (Å²) in [4.78, 5) is 33.9. The number of fused-ring (bicyclic) bond motifs is 2. The molecular formula is C82H108O18. The molecule has 18 heteroatoms. The summed E-state index contributed by atoms with van der Waals surface area (Å²) >= 11 is 0. The van der Waals surface area contributed by atoms with E-state index in [-0.39, 0.29) is 39.0 Å². The molecule has 11 rings (SSSR count). The van der Waals surface area contributed by atoms with E-state index in [9.17, 15) is 19.5 Å². The van der Waals surface area contributed by atoms with Crippen molar-refractivity contribution < 1.29 is 85.8 Å². The molecule has 544 valence electrons. The maximum Gasteiger partial charge on any atom is 0.305 e. The van der Waals surface area contributed by atoms with Gasteiger partial charge in [-0.15, -0.1) is 0 Å². The second-order valence-electron chi connectivity index (χ2n) is 26.7. The fraction of sp³-hybridized carbons (Fsp3) is 0.524. The van der Waals surface area contributed by atoms with E-state index < -0.39 is 96.2 Å². The first-order valence-corrected chi connectivity index (χ1v) is 35.6. The number of aliphatic hydroxyl groups excluding tert-OH is 1. The molecule has 0 aliphatic carbocycles. The number of unbranched alkanes of at least 4 members (excludes halogenated alkanes) is 10. The molecule has 0 bridgehead atoms. The SMILES string of the molecule is C.CC1(C)OC2O[C@H](COC(c3ccccc3)(c3ccccc3)c3ccccc3)[C@H](O)[C@H]2O1.CCCCCCCCO[C@H]1[C@@H](COC(C)=O)OC(OC(C)=O)[C@@H]1OC(C)=O.CCCCCCCCO[C@H]1[C@@H](COC(c2ccccc2)(c2ccccc2)c2ccccc2)OC2OC(C)(C)O[C@@H]21. The van der Waals surface area contributed by atoms with Gasteiger partial charge < -0.3 is 71.4 Å². The second kappa shape index (κ2) is 38.5. The molecular weight excluding hydrogens is 1270 g/mol. The van der Waals surface area contributed by atoms with Gasteiger partial charge >= 0.3 is 17.9 Å². The van der Waals surface area contributed by atoms with Crippen molar-refractivity contribution in [2.24, 2.45) is 0 Å². The summed E-state index contributed by atoms with van der Waals surface area (Å²) in [6.45, 7) is 17.2. The lowest BCUT2D eigenvalue weighted by atomic mass is 9.80. The molecule has 0 amide bonds. The van der Waals surface area contributed by atoms with Crippen molar-refractivity contribution in [3.63, 3.8) is 0 Å². The van der Waals surface area contributed by atoms with Crippen LogP contribution in [-0.4, -0.2) is 141 Å². The summed E-state index contributed by atoms with van der Waals surface area (Å²) in [5, 5.41) is 10.9. The van der Waals surface area contributed by atoms with Crippen molar-refractivity contribution in [3.8, 4) is 0 Å². The van der Waals surface area contributed by atoms with Gasteiger partial charge in [0.15, 0.2) is 30.3 Å². The lowest BCUT2D eigenvalue weighted by Gasteiger charge is -2.37. The van der Waals surface area contributed by atoms with E-state index >= 15 is 0 Å². The van der Waals surface area contributed by atoms with Crippen molar-refractivity contribution in [1.29, 1.82) is 0 Å². The average molecular weight is 1380 g/mol. The van der Waals surface area contributed by atoms with Crippen LogP contribution in [0.2, 0.25) is 0 Å². The molecule has 12 atom stereocenters. The fourth-order valence-electron chi connectivity index (χ4n) is 13.5. The van der Waals surface area contributed by atoms with Crippen LogP contribution >= 0.6 is 0 Å². The minimum Gasteiger partial charge on any atom is -0.463 e. The van der Waals surface area contributed by atoms with Crippen LogP contribution in [0.3, 0.4) is 0 Å². The number of carbonyl (C=O) groups excluding carboxylic acids is 3. The van der Waals surface area contributed by atoms with Crippen molar-refractivity contribution in [2.75, 3.05) is 33.0 Å². The molecule has 5 aliphatic rings. The van der Waals surface area contributed by atoms with Crippen molar-refractivity contribution in [2.45, 2.75) is 243 Å². The number of carbonyl (C=O) groups is 3. The zero-order valence-corrected chi connectivity index (χ0v) is 59.2. The van der Waals surface area contributed by atoms with Crippen LogP contribution < -0.4 is 0 Å². The summed E-state index contributed by atoms with van der Waals surface area (Å²) in [5.74, 6) is -3.05. The maximum absolute atomic E-state index is 11.5. The first-order valence-electron chi connectivity index (χ1n) is 35.6. The monoisotopic (exact) mass is 1380 g/mol. The standard InChI is InChI=1S/C35H44O5.C27H28O5.C19H32O8.CH4/c1-4-5-6-7-8-18-25-36-31-30(38-33-32(31)39-34(2,3)40-33)26-37-35(27-19-12-9-13-20-27,28-21-14-10-15-22-28)29-23-16-11-17-24-29;1-26(2)31-24-23(28)22(30-25(24)32-26)18-29-27(19-12-6-3-7-13-19,20-14-8-4-9-15-20)21-16-10-5-11-17-21;1-5-6-7-8-9-10-11-23-17-16(12-24-13(2)20)27-19(26-15(4)22)18(17)25-14(3)21;/h9-17,19-24,30-33H,4-8,18,25-26H2,1-3H3;3-17,22-25,28H,18H2,1-2H3;16-19H,5-12H2,1-4H3;1H4/t30-,31+,32-,33?;22-,23+,24-,25?;16-,17+,18-,19?;/m111./s1. The number of ether oxygens (including phenoxy) is 14. The van der Waals surface area contributed by atoms with E-state index in [1.807, 2.05) is 100 Å². The van der Waals surface area contributed by atoms with Crippen LogP contribution in [0, 0.1) is 0 Å². The minimum absolute atomic E-state index is 0. The molecule has 0 radical (unpaired) electrons. The highest BCUT2D eigenvalue weighted by Crippen LogP contribution is 2.46. The van der Waals surface area contributed by atoms with Gasteiger partial charge in [0.2, 0.25) is 6.29 Å². The lowest BCUT2D eigenvalue weighted by molar-refractivity contribution is -0.227. The Morgan fingerprint density at radius 3 is 1.12 bits per heavy atom. The predicted molar refractivity (Wildman–Crippen MR) is 379 cm³/mol. The second-order valence-corrected chi connectivity index (χ2v) is 26.7. The summed E-state index contributed by atoms with van der Waals surface area (Å²) in [5.41, 5.74) is 4.48. The Labute approximate surface area is 592 Å². The van der Waals surface area contributed by atoms with Crippen LogP contribution in [0.25, 0.3) is 0 Å². The lowest BCUT2D eigenvalue weighted by Crippen LogP contribution is -2.42. The summed E-state index contributed by atoms with van der Waals surface area (Å²) in [6.07, 6.45) is 6.61. The Kier molecular flexibility index (Phi) is 30.4. The van der Waals surface area contributed by atoms with E-state index in [2.05, 4.69) is 123 Å². The van der Waals surface area contributed by atoms with Crippen molar-refractivity contribution in [3.05, 3.63) is 215 Å². The van der Waals surface area contributed by atoms with E-state index in [1.54, 1.807) is 0 Å². The van der Waals surface area contributed by atoms with E-state index in [1.165, 1.54) is 72.1 Å². The molecule has 0 spiro atoms. The van der Waals surface area contributed by atoms with Gasteiger partial charge in [-0.3, -0.25) is 14.4 Å². The number of benzene rings is 6. The zero-order chi connectivity index (χ0) is 70.3. The third-order valence-corrected chi connectivity index (χ3v) is 18.1. The van der Waals surface area contributed by atoms with Crippen LogP contribution in [0.1, 0.15) is 180 Å². The smallest absolute Gasteiger partial charge is 0.305 e. The summed E-state index contributed by atoms with van der Waals surface area (Å²) < 4.78 is 83.8. The molecule has 6 aromatic carbocycles. The number of hydrogen-bond donors (Lipinski definition) is 1. The Bertz CT molecular complexity index is 3130. The molecule has 0 saturated carbocycles. The largest absolute Gasteiger partial charge is 0.463 e. The highest BCUT2D eigenvalue weighted by Gasteiger charge is 2.57. The van der Waals surface area contributed by atoms with Crippen LogP contribution in [0.4, 0.5) is 0 Å². The molecule has 5 saturated heterocycles. The Morgan fingerprint density at radius 1 is 0.400 bits per heavy atom. The number of aliphatic hydroxyl groups is 1. The molecule has 0 aromatic heterocycles.